The Labute approximate surface area is 166 Å². The Morgan fingerprint density at radius 3 is 2.21 bits per heavy atom. The summed E-state index contributed by atoms with van der Waals surface area (Å²) in [6, 6.07) is 10.4. The molecular weight excluding hydrogens is 409 g/mol. The van der Waals surface area contributed by atoms with E-state index in [0.29, 0.717) is 17.7 Å². The lowest BCUT2D eigenvalue weighted by Crippen LogP contribution is -2.25. The largest absolute Gasteiger partial charge is 0.416 e. The molecule has 1 amide bonds. The fourth-order valence-electron chi connectivity index (χ4n) is 2.96. The Kier molecular flexibility index (Phi) is 5.70. The Morgan fingerprint density at radius 1 is 1.10 bits per heavy atom. The zero-order valence-electron chi connectivity index (χ0n) is 15.6. The third kappa shape index (κ3) is 4.60. The quantitative estimate of drug-likeness (QED) is 0.713. The second kappa shape index (κ2) is 7.77. The van der Waals surface area contributed by atoms with Crippen molar-refractivity contribution in [3.05, 3.63) is 59.7 Å². The molecule has 156 valence electrons. The second-order valence-corrected chi connectivity index (χ2v) is 8.62. The van der Waals surface area contributed by atoms with Crippen LogP contribution in [0.15, 0.2) is 53.4 Å². The number of hydrogen-bond donors (Lipinski definition) is 1. The van der Waals surface area contributed by atoms with Gasteiger partial charge in [-0.25, -0.2) is 8.42 Å². The minimum Gasteiger partial charge on any atom is -0.326 e. The maximum absolute atomic E-state index is 12.6. The van der Waals surface area contributed by atoms with Crippen molar-refractivity contribution >= 4 is 21.6 Å². The molecule has 0 aromatic heterocycles. The molecule has 3 rings (SSSR count). The van der Waals surface area contributed by atoms with Gasteiger partial charge in [0.25, 0.3) is 10.0 Å². The fraction of sp³-hybridized carbons (Fsp3) is 0.316. The summed E-state index contributed by atoms with van der Waals surface area (Å²) in [7, 11) is -1.28. The van der Waals surface area contributed by atoms with Gasteiger partial charge in [0.1, 0.15) is 0 Å². The monoisotopic (exact) mass is 428 g/mol. The predicted molar refractivity (Wildman–Crippen MR) is 99.3 cm³/mol. The van der Waals surface area contributed by atoms with Crippen LogP contribution in [0.3, 0.4) is 0 Å². The first-order valence-electron chi connectivity index (χ1n) is 8.65. The molecule has 2 aromatic carbocycles. The number of nitrogens with zero attached hydrogens (tertiary/aromatic N) is 1. The molecule has 1 fully saturated rings. The van der Waals surface area contributed by atoms with Crippen LogP contribution < -0.4 is 5.32 Å². The first-order chi connectivity index (χ1) is 13.5. The molecule has 10 heteroatoms. The molecule has 6 nitrogen and oxygen atoms in total. The van der Waals surface area contributed by atoms with Gasteiger partial charge in [-0.2, -0.15) is 13.2 Å². The van der Waals surface area contributed by atoms with Crippen LogP contribution in [0.5, 0.6) is 0 Å². The normalized spacial score (nSPS) is 19.2. The molecular formula is C19H19F3N2O4S. The van der Waals surface area contributed by atoms with E-state index in [9.17, 15) is 26.4 Å². The van der Waals surface area contributed by atoms with Crippen molar-refractivity contribution in [2.45, 2.75) is 23.4 Å². The van der Waals surface area contributed by atoms with Crippen molar-refractivity contribution in [2.24, 2.45) is 5.92 Å². The second-order valence-electron chi connectivity index (χ2n) is 6.68. The van der Waals surface area contributed by atoms with Gasteiger partial charge in [-0.15, -0.1) is 0 Å². The van der Waals surface area contributed by atoms with E-state index in [-0.39, 0.29) is 22.6 Å². The molecule has 1 aliphatic rings. The van der Waals surface area contributed by atoms with E-state index in [1.54, 1.807) is 0 Å². The van der Waals surface area contributed by atoms with Gasteiger partial charge in [0, 0.05) is 18.7 Å². The number of amides is 1. The number of hydrogen-bond acceptors (Lipinski definition) is 4. The molecule has 0 heterocycles. The molecule has 0 aliphatic heterocycles. The minimum absolute atomic E-state index is 0.00824. The van der Waals surface area contributed by atoms with E-state index in [1.165, 1.54) is 50.6 Å². The summed E-state index contributed by atoms with van der Waals surface area (Å²) >= 11 is 0. The van der Waals surface area contributed by atoms with Crippen molar-refractivity contribution in [3.8, 4) is 0 Å². The molecule has 0 spiro atoms. The Hall–Kier alpha value is -2.43. The van der Waals surface area contributed by atoms with Gasteiger partial charge in [-0.05, 0) is 54.3 Å². The third-order valence-corrected chi connectivity index (χ3v) is 6.50. The highest BCUT2D eigenvalue weighted by Crippen LogP contribution is 2.48. The molecule has 0 bridgehead atoms. The average molecular weight is 428 g/mol. The number of benzene rings is 2. The van der Waals surface area contributed by atoms with Crippen LogP contribution >= 0.6 is 0 Å². The van der Waals surface area contributed by atoms with Crippen LogP contribution in [0.4, 0.5) is 18.9 Å². The Morgan fingerprint density at radius 2 is 1.69 bits per heavy atom. The van der Waals surface area contributed by atoms with Gasteiger partial charge in [-0.3, -0.25) is 9.63 Å². The number of rotatable bonds is 6. The topological polar surface area (TPSA) is 75.7 Å². The molecule has 1 saturated carbocycles. The number of alkyl halides is 3. The highest BCUT2D eigenvalue weighted by Gasteiger charge is 2.44. The van der Waals surface area contributed by atoms with Crippen LogP contribution in [0.1, 0.15) is 23.5 Å². The first kappa shape index (κ1) is 21.3. The fourth-order valence-corrected chi connectivity index (χ4v) is 3.94. The summed E-state index contributed by atoms with van der Waals surface area (Å²) < 4.78 is 62.9. The summed E-state index contributed by atoms with van der Waals surface area (Å²) in [6.45, 7) is 0. The van der Waals surface area contributed by atoms with Crippen LogP contribution in [-0.4, -0.2) is 33.0 Å². The molecule has 29 heavy (non-hydrogen) atoms. The van der Waals surface area contributed by atoms with Crippen molar-refractivity contribution in [1.82, 2.24) is 4.47 Å². The molecule has 1 aliphatic carbocycles. The molecule has 0 saturated heterocycles. The van der Waals surface area contributed by atoms with Gasteiger partial charge in [-0.1, -0.05) is 16.6 Å². The number of carbonyl (C=O) groups excluding carboxylic acids is 1. The van der Waals surface area contributed by atoms with Crippen molar-refractivity contribution < 1.29 is 31.2 Å². The number of halogens is 3. The molecule has 2 atom stereocenters. The zero-order chi connectivity index (χ0) is 21.4. The Balaban J connectivity index is 1.62. The van der Waals surface area contributed by atoms with E-state index in [4.69, 9.17) is 4.84 Å². The summed E-state index contributed by atoms with van der Waals surface area (Å²) in [4.78, 5) is 17.1. The number of anilines is 1. The lowest BCUT2D eigenvalue weighted by Gasteiger charge is -2.14. The summed E-state index contributed by atoms with van der Waals surface area (Å²) in [5, 5.41) is 2.70. The molecule has 1 N–H and O–H groups in total. The summed E-state index contributed by atoms with van der Waals surface area (Å²) in [6.07, 6.45) is -3.85. The average Bonchev–Trinajstić information content (AvgIpc) is 3.48. The lowest BCUT2D eigenvalue weighted by atomic mass is 10.1. The van der Waals surface area contributed by atoms with E-state index >= 15 is 0 Å². The maximum atomic E-state index is 12.6. The Bertz CT molecular complexity index is 990. The molecule has 0 radical (unpaired) electrons. The van der Waals surface area contributed by atoms with Crippen molar-refractivity contribution in [1.29, 1.82) is 0 Å². The van der Waals surface area contributed by atoms with Crippen molar-refractivity contribution in [3.63, 3.8) is 0 Å². The number of nitrogens with one attached hydrogen (secondary N) is 1. The van der Waals surface area contributed by atoms with Gasteiger partial charge in [0.2, 0.25) is 5.91 Å². The van der Waals surface area contributed by atoms with E-state index < -0.39 is 21.8 Å². The molecule has 2 aromatic rings. The van der Waals surface area contributed by atoms with Crippen LogP contribution in [-0.2, 0) is 25.8 Å². The van der Waals surface area contributed by atoms with E-state index in [2.05, 4.69) is 5.32 Å². The van der Waals surface area contributed by atoms with Gasteiger partial charge in [0.15, 0.2) is 0 Å². The summed E-state index contributed by atoms with van der Waals surface area (Å²) in [5.74, 6) is -0.735. The van der Waals surface area contributed by atoms with Gasteiger partial charge >= 0.3 is 6.18 Å². The molecule has 2 unspecified atom stereocenters. The predicted octanol–water partition coefficient (Wildman–Crippen LogP) is 3.63. The maximum Gasteiger partial charge on any atom is 0.416 e. The van der Waals surface area contributed by atoms with E-state index in [0.717, 1.165) is 16.6 Å². The lowest BCUT2D eigenvalue weighted by molar-refractivity contribution is -0.137. The number of carbonyl (C=O) groups is 1. The van der Waals surface area contributed by atoms with Crippen LogP contribution in [0.25, 0.3) is 0 Å². The van der Waals surface area contributed by atoms with Gasteiger partial charge in [0.05, 0.1) is 17.6 Å². The van der Waals surface area contributed by atoms with E-state index in [1.807, 2.05) is 0 Å². The zero-order valence-corrected chi connectivity index (χ0v) is 16.4. The highest BCUT2D eigenvalue weighted by atomic mass is 32.2. The standard InChI is InChI=1S/C19H19F3N2O4S/c1-24(28-2)29(26,27)15-9-7-14(8-10-15)23-18(25)17-11-16(17)12-3-5-13(6-4-12)19(20,21)22/h3-10,16-17H,11H2,1-2H3,(H,23,25). The van der Waals surface area contributed by atoms with Crippen LogP contribution in [0.2, 0.25) is 0 Å². The van der Waals surface area contributed by atoms with Crippen LogP contribution in [0, 0.1) is 5.92 Å². The highest BCUT2D eigenvalue weighted by molar-refractivity contribution is 7.89. The SMILES string of the molecule is CON(C)S(=O)(=O)c1ccc(NC(=O)C2CC2c2ccc(C(F)(F)F)cc2)cc1. The number of sulfonamides is 1. The number of hydroxylamine groups is 1. The van der Waals surface area contributed by atoms with Gasteiger partial charge < -0.3 is 5.32 Å². The smallest absolute Gasteiger partial charge is 0.326 e. The summed E-state index contributed by atoms with van der Waals surface area (Å²) in [5.41, 5.74) is 0.381. The third-order valence-electron chi connectivity index (χ3n) is 4.81. The first-order valence-corrected chi connectivity index (χ1v) is 10.1. The van der Waals surface area contributed by atoms with Crippen molar-refractivity contribution in [2.75, 3.05) is 19.5 Å². The minimum atomic E-state index is -4.39.